The van der Waals surface area contributed by atoms with Crippen molar-refractivity contribution in [2.75, 3.05) is 0 Å². The lowest BCUT2D eigenvalue weighted by Crippen LogP contribution is -1.98. The largest absolute Gasteiger partial charge is 0.288 e. The van der Waals surface area contributed by atoms with Crippen molar-refractivity contribution < 1.29 is 4.79 Å². The van der Waals surface area contributed by atoms with E-state index in [-0.39, 0.29) is 5.78 Å². The SMILES string of the molecule is CCCCc1ccc(C(=O)c2ccc(Br)s2)cc1. The molecule has 1 nitrogen and oxygen atoms in total. The first kappa shape index (κ1) is 13.5. The Bertz CT molecular complexity index is 528. The Morgan fingerprint density at radius 1 is 1.17 bits per heavy atom. The lowest BCUT2D eigenvalue weighted by molar-refractivity contribution is 0.104. The quantitative estimate of drug-likeness (QED) is 0.701. The van der Waals surface area contributed by atoms with Gasteiger partial charge in [0.25, 0.3) is 0 Å². The molecular weight excluding hydrogens is 308 g/mol. The topological polar surface area (TPSA) is 17.1 Å². The van der Waals surface area contributed by atoms with E-state index in [0.717, 1.165) is 20.6 Å². The predicted octanol–water partition coefficient (Wildman–Crippen LogP) is 5.08. The number of benzene rings is 1. The number of thiophene rings is 1. The van der Waals surface area contributed by atoms with Gasteiger partial charge in [-0.3, -0.25) is 4.79 Å². The van der Waals surface area contributed by atoms with Gasteiger partial charge in [-0.2, -0.15) is 0 Å². The second kappa shape index (κ2) is 6.30. The summed E-state index contributed by atoms with van der Waals surface area (Å²) in [6, 6.07) is 11.8. The number of hydrogen-bond acceptors (Lipinski definition) is 2. The summed E-state index contributed by atoms with van der Waals surface area (Å²) in [5.74, 6) is 0.104. The highest BCUT2D eigenvalue weighted by Gasteiger charge is 2.11. The van der Waals surface area contributed by atoms with Gasteiger partial charge >= 0.3 is 0 Å². The fourth-order valence-corrected chi connectivity index (χ4v) is 3.13. The minimum atomic E-state index is 0.104. The van der Waals surface area contributed by atoms with Crippen molar-refractivity contribution in [2.24, 2.45) is 0 Å². The van der Waals surface area contributed by atoms with E-state index in [4.69, 9.17) is 0 Å². The lowest BCUT2D eigenvalue weighted by atomic mass is 10.0. The Morgan fingerprint density at radius 3 is 2.44 bits per heavy atom. The van der Waals surface area contributed by atoms with Gasteiger partial charge in [-0.1, -0.05) is 37.6 Å². The van der Waals surface area contributed by atoms with Gasteiger partial charge in [-0.15, -0.1) is 11.3 Å². The van der Waals surface area contributed by atoms with Crippen LogP contribution in [0.1, 0.15) is 40.6 Å². The normalized spacial score (nSPS) is 10.6. The molecule has 0 atom stereocenters. The third-order valence-electron chi connectivity index (χ3n) is 2.83. The molecule has 3 heteroatoms. The molecule has 0 fully saturated rings. The number of unbranched alkanes of at least 4 members (excludes halogenated alkanes) is 1. The molecule has 0 aliphatic rings. The van der Waals surface area contributed by atoms with Crippen molar-refractivity contribution in [2.45, 2.75) is 26.2 Å². The Labute approximate surface area is 120 Å². The average Bonchev–Trinajstić information content (AvgIpc) is 2.83. The second-order valence-electron chi connectivity index (χ2n) is 4.23. The summed E-state index contributed by atoms with van der Waals surface area (Å²) in [5.41, 5.74) is 2.07. The third-order valence-corrected chi connectivity index (χ3v) is 4.45. The fourth-order valence-electron chi connectivity index (χ4n) is 1.78. The fraction of sp³-hybridized carbons (Fsp3) is 0.267. The number of carbonyl (C=O) groups is 1. The molecule has 0 saturated carbocycles. The molecule has 0 aliphatic carbocycles. The van der Waals surface area contributed by atoms with Crippen LogP contribution in [0, 0.1) is 0 Å². The van der Waals surface area contributed by atoms with Gasteiger partial charge < -0.3 is 0 Å². The third kappa shape index (κ3) is 3.30. The van der Waals surface area contributed by atoms with Crippen molar-refractivity contribution in [1.82, 2.24) is 0 Å². The molecular formula is C15H15BrOS. The molecule has 0 spiro atoms. The van der Waals surface area contributed by atoms with E-state index in [9.17, 15) is 4.79 Å². The molecule has 0 N–H and O–H groups in total. The van der Waals surface area contributed by atoms with Crippen molar-refractivity contribution >= 4 is 33.0 Å². The molecule has 0 unspecified atom stereocenters. The van der Waals surface area contributed by atoms with Gasteiger partial charge in [0.1, 0.15) is 0 Å². The summed E-state index contributed by atoms with van der Waals surface area (Å²) in [6.45, 7) is 2.19. The molecule has 0 amide bonds. The predicted molar refractivity (Wildman–Crippen MR) is 80.5 cm³/mol. The molecule has 0 radical (unpaired) electrons. The summed E-state index contributed by atoms with van der Waals surface area (Å²) in [6.07, 6.45) is 3.49. The Hall–Kier alpha value is -0.930. The molecule has 0 bridgehead atoms. The van der Waals surface area contributed by atoms with Crippen LogP contribution in [-0.4, -0.2) is 5.78 Å². The van der Waals surface area contributed by atoms with E-state index < -0.39 is 0 Å². The van der Waals surface area contributed by atoms with Crippen LogP contribution in [0.2, 0.25) is 0 Å². The zero-order valence-corrected chi connectivity index (χ0v) is 12.7. The van der Waals surface area contributed by atoms with Gasteiger partial charge in [0.05, 0.1) is 8.66 Å². The smallest absolute Gasteiger partial charge is 0.202 e. The molecule has 2 aromatic rings. The maximum atomic E-state index is 12.2. The molecule has 18 heavy (non-hydrogen) atoms. The minimum Gasteiger partial charge on any atom is -0.288 e. The number of hydrogen-bond donors (Lipinski definition) is 0. The van der Waals surface area contributed by atoms with Gasteiger partial charge in [0.15, 0.2) is 0 Å². The minimum absolute atomic E-state index is 0.104. The van der Waals surface area contributed by atoms with Crippen LogP contribution in [0.3, 0.4) is 0 Å². The van der Waals surface area contributed by atoms with E-state index in [1.807, 2.05) is 24.3 Å². The maximum absolute atomic E-state index is 12.2. The van der Waals surface area contributed by atoms with E-state index in [1.165, 1.54) is 29.7 Å². The monoisotopic (exact) mass is 322 g/mol. The van der Waals surface area contributed by atoms with Crippen LogP contribution < -0.4 is 0 Å². The van der Waals surface area contributed by atoms with Gasteiger partial charge in [0.2, 0.25) is 5.78 Å². The van der Waals surface area contributed by atoms with Crippen LogP contribution in [0.4, 0.5) is 0 Å². The van der Waals surface area contributed by atoms with Crippen LogP contribution in [0.5, 0.6) is 0 Å². The van der Waals surface area contributed by atoms with Gasteiger partial charge in [-0.25, -0.2) is 0 Å². The first-order valence-corrected chi connectivity index (χ1v) is 7.70. The van der Waals surface area contributed by atoms with Crippen molar-refractivity contribution in [3.05, 3.63) is 56.2 Å². The summed E-state index contributed by atoms with van der Waals surface area (Å²) in [5, 5.41) is 0. The number of carbonyl (C=O) groups excluding carboxylic acids is 1. The van der Waals surface area contributed by atoms with E-state index in [2.05, 4.69) is 35.0 Å². The number of ketones is 1. The average molecular weight is 323 g/mol. The van der Waals surface area contributed by atoms with Crippen molar-refractivity contribution in [3.63, 3.8) is 0 Å². The van der Waals surface area contributed by atoms with Crippen LogP contribution >= 0.6 is 27.3 Å². The molecule has 94 valence electrons. The highest BCUT2D eigenvalue weighted by Crippen LogP contribution is 2.24. The van der Waals surface area contributed by atoms with Crippen molar-refractivity contribution in [1.29, 1.82) is 0 Å². The summed E-state index contributed by atoms with van der Waals surface area (Å²) >= 11 is 4.86. The van der Waals surface area contributed by atoms with E-state index in [0.29, 0.717) is 0 Å². The standard InChI is InChI=1S/C15H15BrOS/c1-2-3-4-11-5-7-12(8-6-11)15(17)13-9-10-14(16)18-13/h5-10H,2-4H2,1H3. The molecule has 1 aromatic carbocycles. The van der Waals surface area contributed by atoms with Crippen molar-refractivity contribution in [3.8, 4) is 0 Å². The van der Waals surface area contributed by atoms with Crippen LogP contribution in [0.15, 0.2) is 40.2 Å². The first-order valence-electron chi connectivity index (χ1n) is 6.09. The lowest BCUT2D eigenvalue weighted by Gasteiger charge is -2.02. The Kier molecular flexibility index (Phi) is 4.72. The highest BCUT2D eigenvalue weighted by molar-refractivity contribution is 9.11. The Balaban J connectivity index is 2.12. The second-order valence-corrected chi connectivity index (χ2v) is 6.70. The maximum Gasteiger partial charge on any atom is 0.202 e. The van der Waals surface area contributed by atoms with Crippen LogP contribution in [-0.2, 0) is 6.42 Å². The number of halogens is 1. The molecule has 1 heterocycles. The highest BCUT2D eigenvalue weighted by atomic mass is 79.9. The first-order chi connectivity index (χ1) is 8.70. The van der Waals surface area contributed by atoms with E-state index >= 15 is 0 Å². The summed E-state index contributed by atoms with van der Waals surface area (Å²) in [4.78, 5) is 13.0. The number of aryl methyl sites for hydroxylation is 1. The van der Waals surface area contributed by atoms with Gasteiger partial charge in [0, 0.05) is 5.56 Å². The Morgan fingerprint density at radius 2 is 1.89 bits per heavy atom. The molecule has 2 rings (SSSR count). The van der Waals surface area contributed by atoms with Crippen LogP contribution in [0.25, 0.3) is 0 Å². The molecule has 0 aliphatic heterocycles. The molecule has 0 saturated heterocycles. The summed E-state index contributed by atoms with van der Waals surface area (Å²) in [7, 11) is 0. The van der Waals surface area contributed by atoms with Gasteiger partial charge in [-0.05, 0) is 46.5 Å². The van der Waals surface area contributed by atoms with E-state index in [1.54, 1.807) is 0 Å². The summed E-state index contributed by atoms with van der Waals surface area (Å²) < 4.78 is 0.991. The zero-order valence-electron chi connectivity index (χ0n) is 10.3. The molecule has 1 aromatic heterocycles. The zero-order chi connectivity index (χ0) is 13.0. The number of rotatable bonds is 5.